The van der Waals surface area contributed by atoms with Crippen molar-refractivity contribution in [2.45, 2.75) is 31.8 Å². The smallest absolute Gasteiger partial charge is 0.317 e. The molecular formula is C15H19ClN2O3. The standard InChI is InChI=1S/C15H19ClN2O3/c1-2-18(9-14(19)20)11-7-10(8-11)17-15(21)12-5-3-4-6-13(12)16/h3-6,10-11H,2,7-9H2,1H3,(H,17,21)(H,19,20). The van der Waals surface area contributed by atoms with Crippen LogP contribution in [0.3, 0.4) is 0 Å². The highest BCUT2D eigenvalue weighted by Gasteiger charge is 2.34. The summed E-state index contributed by atoms with van der Waals surface area (Å²) in [6.07, 6.45) is 1.55. The van der Waals surface area contributed by atoms with E-state index in [-0.39, 0.29) is 24.5 Å². The molecule has 1 amide bonds. The van der Waals surface area contributed by atoms with Crippen molar-refractivity contribution in [2.75, 3.05) is 13.1 Å². The molecule has 21 heavy (non-hydrogen) atoms. The Hall–Kier alpha value is -1.59. The van der Waals surface area contributed by atoms with Crippen molar-refractivity contribution in [3.63, 3.8) is 0 Å². The van der Waals surface area contributed by atoms with Crippen LogP contribution in [0.4, 0.5) is 0 Å². The van der Waals surface area contributed by atoms with Crippen molar-refractivity contribution < 1.29 is 14.7 Å². The minimum absolute atomic E-state index is 0.0480. The Balaban J connectivity index is 1.84. The molecule has 0 aromatic heterocycles. The monoisotopic (exact) mass is 310 g/mol. The normalized spacial score (nSPS) is 20.9. The predicted octanol–water partition coefficient (Wildman–Crippen LogP) is 2.01. The molecule has 2 rings (SSSR count). The quantitative estimate of drug-likeness (QED) is 0.843. The highest BCUT2D eigenvalue weighted by Crippen LogP contribution is 2.26. The van der Waals surface area contributed by atoms with Crippen LogP contribution in [0.25, 0.3) is 0 Å². The average Bonchev–Trinajstić information content (AvgIpc) is 2.40. The number of carboxylic acids is 1. The number of halogens is 1. The Morgan fingerprint density at radius 3 is 2.62 bits per heavy atom. The van der Waals surface area contributed by atoms with Crippen LogP contribution < -0.4 is 5.32 Å². The molecule has 114 valence electrons. The molecule has 0 heterocycles. The molecule has 1 saturated carbocycles. The van der Waals surface area contributed by atoms with Gasteiger partial charge in [-0.15, -0.1) is 0 Å². The second kappa shape index (κ2) is 6.91. The van der Waals surface area contributed by atoms with E-state index in [9.17, 15) is 9.59 Å². The molecule has 0 radical (unpaired) electrons. The predicted molar refractivity (Wildman–Crippen MR) is 80.6 cm³/mol. The van der Waals surface area contributed by atoms with Gasteiger partial charge in [0.2, 0.25) is 0 Å². The van der Waals surface area contributed by atoms with E-state index < -0.39 is 5.97 Å². The first-order valence-corrected chi connectivity index (χ1v) is 7.40. The summed E-state index contributed by atoms with van der Waals surface area (Å²) >= 11 is 5.99. The minimum Gasteiger partial charge on any atom is -0.480 e. The van der Waals surface area contributed by atoms with Crippen LogP contribution in [0, 0.1) is 0 Å². The molecule has 1 aromatic rings. The fourth-order valence-corrected chi connectivity index (χ4v) is 2.81. The molecule has 1 aromatic carbocycles. The number of carbonyl (C=O) groups excluding carboxylic acids is 1. The zero-order chi connectivity index (χ0) is 15.4. The van der Waals surface area contributed by atoms with E-state index in [1.165, 1.54) is 0 Å². The maximum atomic E-state index is 12.1. The summed E-state index contributed by atoms with van der Waals surface area (Å²) < 4.78 is 0. The average molecular weight is 311 g/mol. The highest BCUT2D eigenvalue weighted by atomic mass is 35.5. The number of hydrogen-bond acceptors (Lipinski definition) is 3. The Kier molecular flexibility index (Phi) is 5.20. The van der Waals surface area contributed by atoms with E-state index in [1.807, 2.05) is 11.8 Å². The Morgan fingerprint density at radius 1 is 1.38 bits per heavy atom. The van der Waals surface area contributed by atoms with Gasteiger partial charge in [-0.25, -0.2) is 0 Å². The summed E-state index contributed by atoms with van der Waals surface area (Å²) in [6, 6.07) is 7.24. The largest absolute Gasteiger partial charge is 0.480 e. The lowest BCUT2D eigenvalue weighted by molar-refractivity contribution is -0.139. The first-order chi connectivity index (χ1) is 10.0. The molecular weight excluding hydrogens is 292 g/mol. The number of carbonyl (C=O) groups is 2. The van der Waals surface area contributed by atoms with Gasteiger partial charge in [0.15, 0.2) is 0 Å². The van der Waals surface area contributed by atoms with Gasteiger partial charge >= 0.3 is 5.97 Å². The third-order valence-corrected chi connectivity index (χ3v) is 4.16. The van der Waals surface area contributed by atoms with E-state index in [0.29, 0.717) is 17.1 Å². The van der Waals surface area contributed by atoms with E-state index in [4.69, 9.17) is 16.7 Å². The van der Waals surface area contributed by atoms with Gasteiger partial charge in [-0.2, -0.15) is 0 Å². The Labute approximate surface area is 128 Å². The summed E-state index contributed by atoms with van der Waals surface area (Å²) in [5.74, 6) is -0.995. The van der Waals surface area contributed by atoms with E-state index >= 15 is 0 Å². The summed E-state index contributed by atoms with van der Waals surface area (Å²) in [6.45, 7) is 2.69. The summed E-state index contributed by atoms with van der Waals surface area (Å²) in [4.78, 5) is 24.8. The molecule has 5 nitrogen and oxygen atoms in total. The number of carboxylic acid groups (broad SMARTS) is 1. The molecule has 2 N–H and O–H groups in total. The summed E-state index contributed by atoms with van der Waals surface area (Å²) in [5.41, 5.74) is 0.473. The molecule has 0 atom stereocenters. The van der Waals surface area contributed by atoms with Crippen molar-refractivity contribution in [3.8, 4) is 0 Å². The number of amides is 1. The van der Waals surface area contributed by atoms with Crippen molar-refractivity contribution in [1.29, 1.82) is 0 Å². The first-order valence-electron chi connectivity index (χ1n) is 7.02. The summed E-state index contributed by atoms with van der Waals surface area (Å²) in [7, 11) is 0. The van der Waals surface area contributed by atoms with E-state index in [2.05, 4.69) is 5.32 Å². The van der Waals surface area contributed by atoms with Crippen molar-refractivity contribution in [1.82, 2.24) is 10.2 Å². The first kappa shape index (κ1) is 15.8. The van der Waals surface area contributed by atoms with Gasteiger partial charge in [0, 0.05) is 12.1 Å². The van der Waals surface area contributed by atoms with Crippen LogP contribution in [0.15, 0.2) is 24.3 Å². The zero-order valence-corrected chi connectivity index (χ0v) is 12.6. The van der Waals surface area contributed by atoms with Crippen molar-refractivity contribution in [2.24, 2.45) is 0 Å². The summed E-state index contributed by atoms with van der Waals surface area (Å²) in [5, 5.41) is 12.2. The molecule has 6 heteroatoms. The highest BCUT2D eigenvalue weighted by molar-refractivity contribution is 6.33. The lowest BCUT2D eigenvalue weighted by Gasteiger charge is -2.42. The lowest BCUT2D eigenvalue weighted by atomic mass is 9.85. The number of nitrogens with one attached hydrogen (secondary N) is 1. The Bertz CT molecular complexity index is 529. The molecule has 0 spiro atoms. The van der Waals surface area contributed by atoms with Gasteiger partial charge in [-0.3, -0.25) is 14.5 Å². The van der Waals surface area contributed by atoms with Gasteiger partial charge < -0.3 is 10.4 Å². The maximum Gasteiger partial charge on any atom is 0.317 e. The molecule has 1 aliphatic carbocycles. The van der Waals surface area contributed by atoms with Crippen molar-refractivity contribution in [3.05, 3.63) is 34.9 Å². The van der Waals surface area contributed by atoms with Gasteiger partial charge in [0.1, 0.15) is 0 Å². The number of nitrogens with zero attached hydrogens (tertiary/aromatic N) is 1. The fourth-order valence-electron chi connectivity index (χ4n) is 2.59. The zero-order valence-electron chi connectivity index (χ0n) is 11.9. The van der Waals surface area contributed by atoms with Gasteiger partial charge in [-0.05, 0) is 31.5 Å². The second-order valence-corrected chi connectivity index (χ2v) is 5.64. The van der Waals surface area contributed by atoms with Crippen LogP contribution >= 0.6 is 11.6 Å². The third kappa shape index (κ3) is 3.95. The topological polar surface area (TPSA) is 69.6 Å². The van der Waals surface area contributed by atoms with Crippen LogP contribution in [-0.4, -0.2) is 47.1 Å². The molecule has 1 aliphatic rings. The maximum absolute atomic E-state index is 12.1. The lowest BCUT2D eigenvalue weighted by Crippen LogP contribution is -2.54. The van der Waals surface area contributed by atoms with E-state index in [0.717, 1.165) is 12.8 Å². The van der Waals surface area contributed by atoms with Crippen LogP contribution in [0.1, 0.15) is 30.1 Å². The second-order valence-electron chi connectivity index (χ2n) is 5.23. The Morgan fingerprint density at radius 2 is 2.05 bits per heavy atom. The fraction of sp³-hybridized carbons (Fsp3) is 0.467. The molecule has 0 saturated heterocycles. The molecule has 0 unspecified atom stereocenters. The number of benzene rings is 1. The van der Waals surface area contributed by atoms with Crippen LogP contribution in [0.5, 0.6) is 0 Å². The number of likely N-dealkylation sites (N-methyl/N-ethyl adjacent to an activating group) is 1. The number of rotatable bonds is 6. The van der Waals surface area contributed by atoms with Crippen molar-refractivity contribution >= 4 is 23.5 Å². The number of aliphatic carboxylic acids is 1. The third-order valence-electron chi connectivity index (χ3n) is 3.83. The number of hydrogen-bond donors (Lipinski definition) is 2. The van der Waals surface area contributed by atoms with Gasteiger partial charge in [-0.1, -0.05) is 30.7 Å². The van der Waals surface area contributed by atoms with Crippen LogP contribution in [0.2, 0.25) is 5.02 Å². The molecule has 0 aliphatic heterocycles. The van der Waals surface area contributed by atoms with Crippen LogP contribution in [-0.2, 0) is 4.79 Å². The molecule has 0 bridgehead atoms. The molecule has 1 fully saturated rings. The van der Waals surface area contributed by atoms with Gasteiger partial charge in [0.25, 0.3) is 5.91 Å². The van der Waals surface area contributed by atoms with E-state index in [1.54, 1.807) is 24.3 Å². The minimum atomic E-state index is -0.819. The SMILES string of the molecule is CCN(CC(=O)O)C1CC(NC(=O)c2ccccc2Cl)C1. The van der Waals surface area contributed by atoms with Gasteiger partial charge in [0.05, 0.1) is 17.1 Å².